The quantitative estimate of drug-likeness (QED) is 0.407. The molecule has 2 aromatic carbocycles. The molecule has 0 saturated heterocycles. The number of methoxy groups -OCH3 is 1. The molecule has 0 aliphatic heterocycles. The Labute approximate surface area is 198 Å². The molecule has 9 heteroatoms. The van der Waals surface area contributed by atoms with Gasteiger partial charge >= 0.3 is 12.1 Å². The number of hydrogen-bond donors (Lipinski definition) is 3. The largest absolute Gasteiger partial charge is 0.479 e. The SMILES string of the molecule is CCCC(CNC(=O)OCC1c2ccccc2-c2ccccc21)C(=O)NOC(COC)C(=O)O. The lowest BCUT2D eigenvalue weighted by atomic mass is 9.98. The average Bonchev–Trinajstić information content (AvgIpc) is 3.16. The van der Waals surface area contributed by atoms with Crippen LogP contribution in [0.2, 0.25) is 0 Å². The molecule has 2 aromatic rings. The van der Waals surface area contributed by atoms with Gasteiger partial charge in [0.15, 0.2) is 0 Å². The number of carboxylic acid groups (broad SMARTS) is 1. The van der Waals surface area contributed by atoms with Crippen molar-refractivity contribution in [1.29, 1.82) is 0 Å². The summed E-state index contributed by atoms with van der Waals surface area (Å²) < 4.78 is 10.3. The molecule has 0 saturated carbocycles. The van der Waals surface area contributed by atoms with Crippen LogP contribution in [0.3, 0.4) is 0 Å². The minimum atomic E-state index is -1.33. The van der Waals surface area contributed by atoms with Crippen LogP contribution in [-0.4, -0.2) is 56.0 Å². The van der Waals surface area contributed by atoms with Gasteiger partial charge in [-0.3, -0.25) is 9.63 Å². The Morgan fingerprint density at radius 3 is 2.21 bits per heavy atom. The van der Waals surface area contributed by atoms with Crippen LogP contribution in [0.15, 0.2) is 48.5 Å². The second-order valence-corrected chi connectivity index (χ2v) is 8.06. The van der Waals surface area contributed by atoms with Crippen molar-refractivity contribution in [3.63, 3.8) is 0 Å². The highest BCUT2D eigenvalue weighted by Crippen LogP contribution is 2.44. The number of aliphatic carboxylic acids is 1. The van der Waals surface area contributed by atoms with E-state index in [9.17, 15) is 14.4 Å². The molecule has 2 atom stereocenters. The monoisotopic (exact) mass is 470 g/mol. The fraction of sp³-hybridized carbons (Fsp3) is 0.400. The van der Waals surface area contributed by atoms with E-state index in [1.54, 1.807) is 0 Å². The van der Waals surface area contributed by atoms with Gasteiger partial charge in [0.25, 0.3) is 0 Å². The van der Waals surface area contributed by atoms with Crippen LogP contribution in [0.25, 0.3) is 11.1 Å². The van der Waals surface area contributed by atoms with Gasteiger partial charge in [-0.05, 0) is 28.7 Å². The second kappa shape index (κ2) is 12.2. The molecule has 0 bridgehead atoms. The Balaban J connectivity index is 1.53. The number of carboxylic acids is 1. The van der Waals surface area contributed by atoms with Gasteiger partial charge in [0, 0.05) is 19.6 Å². The van der Waals surface area contributed by atoms with E-state index >= 15 is 0 Å². The van der Waals surface area contributed by atoms with E-state index in [0.717, 1.165) is 22.3 Å². The summed E-state index contributed by atoms with van der Waals surface area (Å²) in [5, 5.41) is 11.7. The fourth-order valence-corrected chi connectivity index (χ4v) is 4.05. The van der Waals surface area contributed by atoms with Crippen molar-refractivity contribution in [1.82, 2.24) is 10.8 Å². The van der Waals surface area contributed by atoms with Crippen molar-refractivity contribution in [2.75, 3.05) is 26.9 Å². The van der Waals surface area contributed by atoms with E-state index < -0.39 is 30.0 Å². The topological polar surface area (TPSA) is 123 Å². The van der Waals surface area contributed by atoms with Gasteiger partial charge in [-0.1, -0.05) is 61.9 Å². The number of nitrogens with one attached hydrogen (secondary N) is 2. The maximum atomic E-state index is 12.5. The van der Waals surface area contributed by atoms with E-state index in [4.69, 9.17) is 19.4 Å². The third-order valence-electron chi connectivity index (χ3n) is 5.74. The van der Waals surface area contributed by atoms with E-state index in [1.165, 1.54) is 7.11 Å². The molecule has 0 fully saturated rings. The lowest BCUT2D eigenvalue weighted by Crippen LogP contribution is -2.43. The fourth-order valence-electron chi connectivity index (χ4n) is 4.05. The highest BCUT2D eigenvalue weighted by atomic mass is 16.7. The van der Waals surface area contributed by atoms with Crippen LogP contribution in [0.4, 0.5) is 4.79 Å². The first-order chi connectivity index (χ1) is 16.5. The summed E-state index contributed by atoms with van der Waals surface area (Å²) >= 11 is 0. The number of amides is 2. The van der Waals surface area contributed by atoms with Gasteiger partial charge in [-0.25, -0.2) is 15.1 Å². The average molecular weight is 471 g/mol. The van der Waals surface area contributed by atoms with Gasteiger partial charge in [-0.2, -0.15) is 0 Å². The number of ether oxygens (including phenoxy) is 2. The van der Waals surface area contributed by atoms with Gasteiger partial charge in [0.1, 0.15) is 6.61 Å². The number of hydrogen-bond acceptors (Lipinski definition) is 6. The number of carbonyl (C=O) groups excluding carboxylic acids is 2. The third kappa shape index (κ3) is 6.12. The van der Waals surface area contributed by atoms with Gasteiger partial charge in [0.2, 0.25) is 12.0 Å². The minimum Gasteiger partial charge on any atom is -0.479 e. The third-order valence-corrected chi connectivity index (χ3v) is 5.74. The molecular weight excluding hydrogens is 440 g/mol. The molecule has 1 aliphatic rings. The van der Waals surface area contributed by atoms with Crippen molar-refractivity contribution in [3.05, 3.63) is 59.7 Å². The molecule has 182 valence electrons. The first kappa shape index (κ1) is 25.2. The van der Waals surface area contributed by atoms with Crippen LogP contribution in [0.5, 0.6) is 0 Å². The van der Waals surface area contributed by atoms with Crippen LogP contribution in [0, 0.1) is 5.92 Å². The summed E-state index contributed by atoms with van der Waals surface area (Å²) in [7, 11) is 1.33. The Morgan fingerprint density at radius 2 is 1.65 bits per heavy atom. The summed E-state index contributed by atoms with van der Waals surface area (Å²) in [6, 6.07) is 16.1. The van der Waals surface area contributed by atoms with E-state index in [-0.39, 0.29) is 25.7 Å². The molecule has 2 unspecified atom stereocenters. The molecule has 0 spiro atoms. The van der Waals surface area contributed by atoms with Gasteiger partial charge < -0.3 is 19.9 Å². The molecule has 0 radical (unpaired) electrons. The maximum absolute atomic E-state index is 12.5. The zero-order valence-electron chi connectivity index (χ0n) is 19.3. The number of fused-ring (bicyclic) bond motifs is 3. The van der Waals surface area contributed by atoms with Crippen molar-refractivity contribution in [2.45, 2.75) is 31.8 Å². The highest BCUT2D eigenvalue weighted by Gasteiger charge is 2.29. The van der Waals surface area contributed by atoms with Crippen LogP contribution >= 0.6 is 0 Å². The van der Waals surface area contributed by atoms with Gasteiger partial charge in [0.05, 0.1) is 12.5 Å². The van der Waals surface area contributed by atoms with Crippen molar-refractivity contribution in [2.24, 2.45) is 5.92 Å². The molecule has 3 rings (SSSR count). The summed E-state index contributed by atoms with van der Waals surface area (Å²) in [6.07, 6.45) is -0.794. The summed E-state index contributed by atoms with van der Waals surface area (Å²) in [4.78, 5) is 40.9. The smallest absolute Gasteiger partial charge is 0.407 e. The first-order valence-corrected chi connectivity index (χ1v) is 11.2. The van der Waals surface area contributed by atoms with E-state index in [1.807, 2.05) is 43.3 Å². The van der Waals surface area contributed by atoms with E-state index in [2.05, 4.69) is 22.9 Å². The van der Waals surface area contributed by atoms with Crippen molar-refractivity contribution < 1.29 is 33.8 Å². The van der Waals surface area contributed by atoms with Crippen LogP contribution < -0.4 is 10.8 Å². The zero-order chi connectivity index (χ0) is 24.5. The molecule has 0 heterocycles. The number of rotatable bonds is 12. The lowest BCUT2D eigenvalue weighted by molar-refractivity contribution is -0.166. The van der Waals surface area contributed by atoms with E-state index in [0.29, 0.717) is 12.8 Å². The Kier molecular flexibility index (Phi) is 9.00. The Morgan fingerprint density at radius 1 is 1.03 bits per heavy atom. The highest BCUT2D eigenvalue weighted by molar-refractivity contribution is 5.80. The number of hydroxylamine groups is 1. The summed E-state index contributed by atoms with van der Waals surface area (Å²) in [6.45, 7) is 1.89. The predicted octanol–water partition coefficient (Wildman–Crippen LogP) is 3.09. The normalized spacial score (nSPS) is 13.9. The maximum Gasteiger partial charge on any atom is 0.407 e. The minimum absolute atomic E-state index is 0.0295. The molecular formula is C25H30N2O7. The molecule has 3 N–H and O–H groups in total. The predicted molar refractivity (Wildman–Crippen MR) is 124 cm³/mol. The van der Waals surface area contributed by atoms with Crippen molar-refractivity contribution >= 4 is 18.0 Å². The second-order valence-electron chi connectivity index (χ2n) is 8.06. The number of carbonyl (C=O) groups is 3. The first-order valence-electron chi connectivity index (χ1n) is 11.2. The molecule has 0 aromatic heterocycles. The summed E-state index contributed by atoms with van der Waals surface area (Å²) in [5.41, 5.74) is 6.67. The molecule has 34 heavy (non-hydrogen) atoms. The van der Waals surface area contributed by atoms with Crippen LogP contribution in [-0.2, 0) is 23.9 Å². The zero-order valence-corrected chi connectivity index (χ0v) is 19.3. The van der Waals surface area contributed by atoms with Crippen LogP contribution in [0.1, 0.15) is 36.8 Å². The molecule has 9 nitrogen and oxygen atoms in total. The molecule has 2 amide bonds. The number of alkyl carbamates (subject to hydrolysis) is 1. The standard InChI is InChI=1S/C25H30N2O7/c1-3-8-16(23(28)27-34-22(15-32-2)24(29)30)13-26-25(31)33-14-21-19-11-6-4-9-17(19)18-10-5-7-12-20(18)21/h4-7,9-12,16,21-22H,3,8,13-15H2,1-2H3,(H,26,31)(H,27,28)(H,29,30). The van der Waals surface area contributed by atoms with Gasteiger partial charge in [-0.15, -0.1) is 0 Å². The lowest BCUT2D eigenvalue weighted by Gasteiger charge is -2.19. The Bertz CT molecular complexity index is 965. The Hall–Kier alpha value is -3.43. The summed E-state index contributed by atoms with van der Waals surface area (Å²) in [5.74, 6) is -2.45. The molecule has 1 aliphatic carbocycles. The number of benzene rings is 2. The van der Waals surface area contributed by atoms with Crippen molar-refractivity contribution in [3.8, 4) is 11.1 Å².